The van der Waals surface area contributed by atoms with Crippen LogP contribution in [0.2, 0.25) is 5.21 Å². The van der Waals surface area contributed by atoms with Crippen LogP contribution in [-0.4, -0.2) is 71.8 Å². The average Bonchev–Trinajstić information content (AvgIpc) is 2.97. The zero-order chi connectivity index (χ0) is 30.1. The first-order valence-electron chi connectivity index (χ1n) is 14.0. The summed E-state index contributed by atoms with van der Waals surface area (Å²) < 4.78 is 23.0. The van der Waals surface area contributed by atoms with Crippen molar-refractivity contribution in [2.24, 2.45) is 0 Å². The summed E-state index contributed by atoms with van der Waals surface area (Å²) in [6.07, 6.45) is 1.17. The summed E-state index contributed by atoms with van der Waals surface area (Å²) in [5.41, 5.74) is 3.51. The Morgan fingerprint density at radius 1 is 1.07 bits per heavy atom. The van der Waals surface area contributed by atoms with Crippen molar-refractivity contribution in [1.29, 1.82) is 0 Å². The molecule has 2 atom stereocenters. The second-order valence-electron chi connectivity index (χ2n) is 10.3. The fourth-order valence-electron chi connectivity index (χ4n) is 4.92. The van der Waals surface area contributed by atoms with Crippen molar-refractivity contribution in [3.05, 3.63) is 99.6 Å². The zero-order valence-electron chi connectivity index (χ0n) is 23.6. The maximum absolute atomic E-state index is 13.7. The van der Waals surface area contributed by atoms with Gasteiger partial charge >= 0.3 is 256 Å². The van der Waals surface area contributed by atoms with Crippen LogP contribution in [0.1, 0.15) is 41.3 Å². The van der Waals surface area contributed by atoms with E-state index in [2.05, 4.69) is 10.6 Å². The number of benzene rings is 3. The normalized spacial score (nSPS) is 17.0. The van der Waals surface area contributed by atoms with E-state index in [1.807, 2.05) is 49.4 Å². The average molecular weight is 658 g/mol. The molecule has 4 rings (SSSR count). The monoisotopic (exact) mass is 657 g/mol. The van der Waals surface area contributed by atoms with E-state index < -0.39 is 27.8 Å². The number of nitro benzene ring substituents is 1. The second-order valence-corrected chi connectivity index (χ2v) is 14.8. The molecule has 1 saturated heterocycles. The standard InChI is InChI=1S/C30H38AsN4O6S/c1-2-32-25-17-24(18-27(19-25)34-13-6-7-14-42(34,40)41)30(37)33-28(16-22-9-4-3-5-10-22)29(36)21-31-20-23-11-8-12-26(15-23)35(38)39/h3-5,8-12,15,17-19,28-29,32,36,40-41H,2,6-7,13-14,16,20-21H2,1H3,(H,33,37)/t28-,29-/m0/s1. The van der Waals surface area contributed by atoms with E-state index in [1.165, 1.54) is 6.07 Å². The Labute approximate surface area is 254 Å². The summed E-state index contributed by atoms with van der Waals surface area (Å²) in [4.78, 5) is 24.4. The maximum atomic E-state index is 13.7. The SMILES string of the molecule is CCNc1cc(C(=O)N[C@@H](Cc2ccccc2)[C@@H](O)C[As]Cc2cccc([N+](=O)[O-])c2)cc(N2CCCCS2(O)O)c1. The molecule has 1 aliphatic rings. The molecular formula is C30H38AsN4O6S. The van der Waals surface area contributed by atoms with Gasteiger partial charge in [-0.3, -0.25) is 0 Å². The van der Waals surface area contributed by atoms with Crippen molar-refractivity contribution in [2.45, 2.75) is 48.7 Å². The van der Waals surface area contributed by atoms with Crippen LogP contribution in [0.25, 0.3) is 0 Å². The van der Waals surface area contributed by atoms with Gasteiger partial charge in [0.1, 0.15) is 0 Å². The van der Waals surface area contributed by atoms with Crippen LogP contribution in [0.15, 0.2) is 72.8 Å². The number of hydrogen-bond acceptors (Lipinski definition) is 8. The van der Waals surface area contributed by atoms with E-state index in [1.54, 1.807) is 28.6 Å². The molecule has 3 aromatic rings. The van der Waals surface area contributed by atoms with Gasteiger partial charge in [-0.2, -0.15) is 0 Å². The number of nitrogens with zero attached hydrogens (tertiary/aromatic N) is 2. The minimum absolute atomic E-state index is 0.0495. The summed E-state index contributed by atoms with van der Waals surface area (Å²) in [6.45, 7) is 3.06. The van der Waals surface area contributed by atoms with Crippen molar-refractivity contribution in [3.8, 4) is 0 Å². The molecule has 0 aliphatic carbocycles. The van der Waals surface area contributed by atoms with E-state index in [0.717, 1.165) is 24.0 Å². The molecule has 1 aliphatic heterocycles. The van der Waals surface area contributed by atoms with Crippen molar-refractivity contribution in [3.63, 3.8) is 0 Å². The van der Waals surface area contributed by atoms with E-state index >= 15 is 0 Å². The van der Waals surface area contributed by atoms with Gasteiger partial charge in [-0.1, -0.05) is 0 Å². The predicted octanol–water partition coefficient (Wildman–Crippen LogP) is 5.32. The molecule has 10 nitrogen and oxygen atoms in total. The zero-order valence-corrected chi connectivity index (χ0v) is 26.2. The van der Waals surface area contributed by atoms with Crippen LogP contribution in [0.5, 0.6) is 0 Å². The van der Waals surface area contributed by atoms with Gasteiger partial charge in [0.15, 0.2) is 0 Å². The van der Waals surface area contributed by atoms with Crippen LogP contribution >= 0.6 is 10.8 Å². The molecule has 1 amide bonds. The molecule has 0 aromatic heterocycles. The number of aliphatic hydroxyl groups excluding tert-OH is 1. The van der Waals surface area contributed by atoms with Crippen molar-refractivity contribution < 1.29 is 23.9 Å². The Balaban J connectivity index is 1.52. The van der Waals surface area contributed by atoms with E-state index in [-0.39, 0.29) is 27.3 Å². The van der Waals surface area contributed by atoms with Gasteiger partial charge in [0.05, 0.1) is 0 Å². The number of hydrogen-bond donors (Lipinski definition) is 5. The molecule has 12 heteroatoms. The fourth-order valence-corrected chi connectivity index (χ4v) is 8.91. The number of amides is 1. The first kappa shape index (κ1) is 31.8. The molecule has 3 aromatic carbocycles. The molecule has 0 bridgehead atoms. The Morgan fingerprint density at radius 2 is 1.83 bits per heavy atom. The quantitative estimate of drug-likeness (QED) is 0.0943. The third-order valence-electron chi connectivity index (χ3n) is 7.04. The molecule has 42 heavy (non-hydrogen) atoms. The van der Waals surface area contributed by atoms with Gasteiger partial charge in [-0.05, 0) is 0 Å². The van der Waals surface area contributed by atoms with Gasteiger partial charge in [0, 0.05) is 0 Å². The van der Waals surface area contributed by atoms with Crippen LogP contribution in [0.4, 0.5) is 17.1 Å². The van der Waals surface area contributed by atoms with Crippen molar-refractivity contribution in [1.82, 2.24) is 5.32 Å². The van der Waals surface area contributed by atoms with Crippen molar-refractivity contribution in [2.75, 3.05) is 28.5 Å². The number of carbonyl (C=O) groups excluding carboxylic acids is 1. The molecule has 0 spiro atoms. The Hall–Kier alpha value is -3.08. The molecule has 0 saturated carbocycles. The van der Waals surface area contributed by atoms with E-state index in [9.17, 15) is 29.1 Å². The Morgan fingerprint density at radius 3 is 2.55 bits per heavy atom. The third kappa shape index (κ3) is 8.72. The summed E-state index contributed by atoms with van der Waals surface area (Å²) in [7, 11) is -2.97. The Kier molecular flexibility index (Phi) is 11.3. The second kappa shape index (κ2) is 14.9. The predicted molar refractivity (Wildman–Crippen MR) is 170 cm³/mol. The molecule has 225 valence electrons. The van der Waals surface area contributed by atoms with Gasteiger partial charge in [0.2, 0.25) is 0 Å². The number of carbonyl (C=O) groups is 1. The van der Waals surface area contributed by atoms with Gasteiger partial charge < -0.3 is 0 Å². The number of non-ortho nitro benzene ring substituents is 1. The number of rotatable bonds is 13. The van der Waals surface area contributed by atoms with Crippen LogP contribution in [0, 0.1) is 10.1 Å². The minimum atomic E-state index is -2.97. The number of aliphatic hydroxyl groups is 1. The molecule has 1 fully saturated rings. The molecule has 0 unspecified atom stereocenters. The molecule has 1 radical (unpaired) electrons. The van der Waals surface area contributed by atoms with E-state index in [4.69, 9.17) is 0 Å². The summed E-state index contributed by atoms with van der Waals surface area (Å²) in [5.74, 6) is -0.0658. The van der Waals surface area contributed by atoms with Crippen LogP contribution < -0.4 is 14.9 Å². The van der Waals surface area contributed by atoms with Gasteiger partial charge in [-0.15, -0.1) is 0 Å². The molecule has 1 heterocycles. The first-order chi connectivity index (χ1) is 20.2. The van der Waals surface area contributed by atoms with Crippen LogP contribution in [-0.2, 0) is 11.6 Å². The number of nitrogens with one attached hydrogen (secondary N) is 2. The number of anilines is 2. The van der Waals surface area contributed by atoms with Gasteiger partial charge in [0.25, 0.3) is 0 Å². The molecule has 5 N–H and O–H groups in total. The third-order valence-corrected chi connectivity index (χ3v) is 11.5. The number of nitro groups is 1. The summed E-state index contributed by atoms with van der Waals surface area (Å²) in [5, 5.41) is 29.8. The van der Waals surface area contributed by atoms with Gasteiger partial charge in [-0.25, -0.2) is 0 Å². The van der Waals surface area contributed by atoms with Crippen LogP contribution in [0.3, 0.4) is 0 Å². The summed E-state index contributed by atoms with van der Waals surface area (Å²) in [6, 6.07) is 20.9. The van der Waals surface area contributed by atoms with Crippen molar-refractivity contribution >= 4 is 49.5 Å². The topological polar surface area (TPSA) is 148 Å². The van der Waals surface area contributed by atoms with E-state index in [0.29, 0.717) is 52.6 Å². The fraction of sp³-hybridized carbons (Fsp3) is 0.367. The summed E-state index contributed by atoms with van der Waals surface area (Å²) >= 11 is -0.381. The first-order valence-corrected chi connectivity index (χ1v) is 18.3. The Bertz CT molecular complexity index is 1360. The molecular weight excluding hydrogens is 619 g/mol.